The predicted molar refractivity (Wildman–Crippen MR) is 195 cm³/mol. The highest BCUT2D eigenvalue weighted by molar-refractivity contribution is 9.10. The van der Waals surface area contributed by atoms with Gasteiger partial charge < -0.3 is 9.88 Å². The van der Waals surface area contributed by atoms with Gasteiger partial charge in [0, 0.05) is 73.0 Å². The Morgan fingerprint density at radius 2 is 1.80 bits per heavy atom. The van der Waals surface area contributed by atoms with Crippen LogP contribution in [-0.2, 0) is 30.8 Å². The summed E-state index contributed by atoms with van der Waals surface area (Å²) in [4.78, 5) is 34.3. The quantitative estimate of drug-likeness (QED) is 0.149. The minimum atomic E-state index is -0.563. The van der Waals surface area contributed by atoms with Crippen molar-refractivity contribution in [2.24, 2.45) is 0 Å². The zero-order chi connectivity index (χ0) is 33.6. The fourth-order valence-corrected chi connectivity index (χ4v) is 7.38. The van der Waals surface area contributed by atoms with Crippen LogP contribution >= 0.6 is 27.5 Å². The molecule has 0 radical (unpaired) electrons. The number of anilines is 1. The zero-order valence-corrected chi connectivity index (χ0v) is 29.5. The number of aryl methyl sites for hydroxylation is 3. The second-order valence-electron chi connectivity index (χ2n) is 12.5. The van der Waals surface area contributed by atoms with Gasteiger partial charge in [-0.1, -0.05) is 66.2 Å². The summed E-state index contributed by atoms with van der Waals surface area (Å²) in [7, 11) is 0. The molecule has 2 aromatic heterocycles. The summed E-state index contributed by atoms with van der Waals surface area (Å²) < 4.78 is 3.03. The van der Waals surface area contributed by atoms with Crippen molar-refractivity contribution in [3.05, 3.63) is 147 Å². The maximum atomic E-state index is 14.0. The van der Waals surface area contributed by atoms with E-state index in [9.17, 15) is 4.79 Å². The van der Waals surface area contributed by atoms with Crippen molar-refractivity contribution in [1.82, 2.24) is 29.4 Å². The average Bonchev–Trinajstić information content (AvgIpc) is 3.58. The van der Waals surface area contributed by atoms with E-state index in [1.807, 2.05) is 83.3 Å². The summed E-state index contributed by atoms with van der Waals surface area (Å²) in [6.07, 6.45) is 9.50. The fourth-order valence-electron chi connectivity index (χ4n) is 6.80. The maximum absolute atomic E-state index is 14.0. The molecule has 1 aliphatic carbocycles. The number of nitrogens with one attached hydrogen (secondary N) is 1. The van der Waals surface area contributed by atoms with Crippen LogP contribution in [0.5, 0.6) is 0 Å². The first-order valence-electron chi connectivity index (χ1n) is 16.7. The minimum Gasteiger partial charge on any atom is -0.337 e. The van der Waals surface area contributed by atoms with Gasteiger partial charge in [-0.15, -0.1) is 0 Å². The topological polar surface area (TPSA) is 78.8 Å². The first kappa shape index (κ1) is 33.4. The number of hydrogen-bond acceptors (Lipinski definition) is 6. The number of aromatic nitrogens is 3. The molecular formula is C38H39BrClN7O2. The monoisotopic (exact) mass is 739 g/mol. The molecule has 1 saturated heterocycles. The standard InChI is InChI=1S/C38H39BrClN7O2/c39-31-22-30-13-12-29-23-32(40)14-15-34(29)37(36(30)42-24-31)45-20-21-47(38(48)43-33-10-5-2-6-11-33)35(26-45)49-46(25-28-8-3-1-4-9-28)18-7-17-44-19-16-41-27-44/h1-6,8-11,14-16,19,22-24,27,35,37H,7,12-13,17-18,20-21,25-26H2,(H,43,48)/t35-,37-/m0/s1. The molecule has 1 aliphatic heterocycles. The van der Waals surface area contributed by atoms with Crippen molar-refractivity contribution in [1.29, 1.82) is 0 Å². The number of carbonyl (C=O) groups is 1. The van der Waals surface area contributed by atoms with Crippen LogP contribution in [0.1, 0.15) is 40.4 Å². The van der Waals surface area contributed by atoms with Gasteiger partial charge >= 0.3 is 6.03 Å². The Kier molecular flexibility index (Phi) is 10.7. The first-order valence-corrected chi connectivity index (χ1v) is 17.9. The molecule has 1 N–H and O–H groups in total. The number of rotatable bonds is 10. The minimum absolute atomic E-state index is 0.118. The molecule has 49 heavy (non-hydrogen) atoms. The van der Waals surface area contributed by atoms with E-state index in [-0.39, 0.29) is 12.1 Å². The summed E-state index contributed by atoms with van der Waals surface area (Å²) in [5.41, 5.74) is 6.54. The smallest absolute Gasteiger partial charge is 0.324 e. The van der Waals surface area contributed by atoms with E-state index in [4.69, 9.17) is 21.4 Å². The number of piperazine rings is 1. The number of hydroxylamine groups is 2. The number of halogens is 2. The molecular weight excluding hydrogens is 702 g/mol. The normalized spacial score (nSPS) is 17.7. The lowest BCUT2D eigenvalue weighted by Gasteiger charge is -2.45. The van der Waals surface area contributed by atoms with Gasteiger partial charge in [0.15, 0.2) is 6.23 Å². The number of carbonyl (C=O) groups excluding carboxylic acids is 1. The van der Waals surface area contributed by atoms with Crippen LogP contribution in [0.4, 0.5) is 10.5 Å². The van der Waals surface area contributed by atoms with Crippen LogP contribution in [0.3, 0.4) is 0 Å². The Labute approximate surface area is 300 Å². The number of hydrogen-bond donors (Lipinski definition) is 1. The molecule has 3 aromatic carbocycles. The summed E-state index contributed by atoms with van der Waals surface area (Å²) in [5, 5.41) is 5.84. The third kappa shape index (κ3) is 8.22. The molecule has 9 nitrogen and oxygen atoms in total. The second-order valence-corrected chi connectivity index (χ2v) is 13.8. The Morgan fingerprint density at radius 1 is 1.00 bits per heavy atom. The Hall–Kier alpha value is -4.06. The highest BCUT2D eigenvalue weighted by Gasteiger charge is 2.39. The van der Waals surface area contributed by atoms with Crippen molar-refractivity contribution in [3.63, 3.8) is 0 Å². The van der Waals surface area contributed by atoms with Gasteiger partial charge in [-0.25, -0.2) is 9.78 Å². The third-order valence-electron chi connectivity index (χ3n) is 9.16. The molecule has 7 rings (SSSR count). The Bertz CT molecular complexity index is 1790. The number of para-hydroxylation sites is 1. The Balaban J connectivity index is 1.20. The Morgan fingerprint density at radius 3 is 2.59 bits per heavy atom. The van der Waals surface area contributed by atoms with Gasteiger partial charge in [-0.2, -0.15) is 5.06 Å². The van der Waals surface area contributed by atoms with Crippen molar-refractivity contribution >= 4 is 39.2 Å². The molecule has 2 amide bonds. The molecule has 0 spiro atoms. The van der Waals surface area contributed by atoms with E-state index in [0.717, 1.165) is 52.2 Å². The lowest BCUT2D eigenvalue weighted by molar-refractivity contribution is -0.250. The number of nitrogens with zero attached hydrogens (tertiary/aromatic N) is 6. The van der Waals surface area contributed by atoms with Crippen LogP contribution in [0, 0.1) is 0 Å². The molecule has 252 valence electrons. The van der Waals surface area contributed by atoms with Crippen LogP contribution in [0.2, 0.25) is 5.02 Å². The number of urea groups is 1. The van der Waals surface area contributed by atoms with E-state index in [0.29, 0.717) is 32.7 Å². The van der Waals surface area contributed by atoms with E-state index in [1.165, 1.54) is 16.7 Å². The highest BCUT2D eigenvalue weighted by atomic mass is 79.9. The SMILES string of the molecule is O=C(Nc1ccccc1)N1CCN([C@H]2c3ccc(Cl)cc3CCc3cc(Br)cnc32)C[C@@H]1ON(CCCn1ccnc1)Cc1ccccc1. The summed E-state index contributed by atoms with van der Waals surface area (Å²) in [5.74, 6) is 0. The molecule has 11 heteroatoms. The first-order chi connectivity index (χ1) is 24.0. The fraction of sp³-hybridized carbons (Fsp3) is 0.289. The van der Waals surface area contributed by atoms with Gasteiger partial charge in [0.25, 0.3) is 0 Å². The predicted octanol–water partition coefficient (Wildman–Crippen LogP) is 7.58. The molecule has 0 unspecified atom stereocenters. The molecule has 2 aliphatic rings. The van der Waals surface area contributed by atoms with Crippen LogP contribution in [-0.4, -0.2) is 67.8 Å². The molecule has 3 heterocycles. The third-order valence-corrected chi connectivity index (χ3v) is 9.83. The number of fused-ring (bicyclic) bond motifs is 2. The summed E-state index contributed by atoms with van der Waals surface area (Å²) in [6, 6.07) is 28.0. The van der Waals surface area contributed by atoms with Crippen molar-refractivity contribution in [2.75, 3.05) is 31.5 Å². The van der Waals surface area contributed by atoms with Gasteiger partial charge in [0.1, 0.15) is 0 Å². The number of benzene rings is 3. The molecule has 5 aromatic rings. The molecule has 0 bridgehead atoms. The lowest BCUT2D eigenvalue weighted by Crippen LogP contribution is -2.59. The number of imidazole rings is 1. The summed E-state index contributed by atoms with van der Waals surface area (Å²) in [6.45, 7) is 3.66. The van der Waals surface area contributed by atoms with Gasteiger partial charge in [-0.05, 0) is 87.8 Å². The zero-order valence-electron chi connectivity index (χ0n) is 27.2. The van der Waals surface area contributed by atoms with E-state index < -0.39 is 6.23 Å². The van der Waals surface area contributed by atoms with Crippen molar-refractivity contribution in [3.8, 4) is 0 Å². The van der Waals surface area contributed by atoms with Crippen molar-refractivity contribution in [2.45, 2.75) is 44.6 Å². The van der Waals surface area contributed by atoms with Gasteiger partial charge in [0.2, 0.25) is 0 Å². The second kappa shape index (κ2) is 15.7. The van der Waals surface area contributed by atoms with E-state index in [2.05, 4.69) is 66.0 Å². The van der Waals surface area contributed by atoms with Crippen LogP contribution in [0.25, 0.3) is 0 Å². The van der Waals surface area contributed by atoms with Crippen LogP contribution in [0.15, 0.2) is 114 Å². The maximum Gasteiger partial charge on any atom is 0.324 e. The summed E-state index contributed by atoms with van der Waals surface area (Å²) >= 11 is 10.2. The highest BCUT2D eigenvalue weighted by Crippen LogP contribution is 2.39. The number of amides is 2. The van der Waals surface area contributed by atoms with E-state index >= 15 is 0 Å². The lowest BCUT2D eigenvalue weighted by atomic mass is 9.96. The average molecular weight is 741 g/mol. The van der Waals surface area contributed by atoms with Gasteiger partial charge in [0.05, 0.1) is 18.1 Å². The largest absolute Gasteiger partial charge is 0.337 e. The van der Waals surface area contributed by atoms with Gasteiger partial charge in [-0.3, -0.25) is 19.6 Å². The van der Waals surface area contributed by atoms with Crippen LogP contribution < -0.4 is 5.32 Å². The molecule has 0 saturated carbocycles. The number of pyridine rings is 1. The van der Waals surface area contributed by atoms with E-state index in [1.54, 1.807) is 6.20 Å². The molecule has 2 atom stereocenters. The van der Waals surface area contributed by atoms with Crippen molar-refractivity contribution < 1.29 is 9.63 Å². The molecule has 1 fully saturated rings.